The van der Waals surface area contributed by atoms with Gasteiger partial charge < -0.3 is 20.5 Å². The molecule has 1 atom stereocenters. The largest absolute Gasteiger partial charge is 0.464 e. The van der Waals surface area contributed by atoms with E-state index in [1.165, 1.54) is 0 Å². The van der Waals surface area contributed by atoms with E-state index in [0.717, 1.165) is 12.8 Å². The van der Waals surface area contributed by atoms with Crippen LogP contribution in [0.3, 0.4) is 0 Å². The van der Waals surface area contributed by atoms with Gasteiger partial charge in [-0.25, -0.2) is 0 Å². The Morgan fingerprint density at radius 3 is 2.37 bits per heavy atom. The van der Waals surface area contributed by atoms with Gasteiger partial charge in [0.1, 0.15) is 0 Å². The third kappa shape index (κ3) is 5.69. The molecule has 0 radical (unpaired) electrons. The molecule has 0 saturated carbocycles. The standard InChI is InChI=1S/C12H23N5O2/c1-4-7-9(18)8-14-11-15-10(13-5-2)16-12(17-11)19-6-3/h9,18H,4-8H2,1-3H3,(H2,13,14,15,16,17). The average Bonchev–Trinajstić information content (AvgIpc) is 2.37. The molecule has 1 rings (SSSR count). The molecule has 1 aromatic rings. The maximum atomic E-state index is 9.68. The zero-order chi connectivity index (χ0) is 14.1. The third-order valence-electron chi connectivity index (χ3n) is 2.34. The van der Waals surface area contributed by atoms with Crippen LogP contribution in [0.1, 0.15) is 33.6 Å². The number of anilines is 2. The highest BCUT2D eigenvalue weighted by Gasteiger charge is 2.08. The van der Waals surface area contributed by atoms with Gasteiger partial charge in [-0.3, -0.25) is 0 Å². The Kier molecular flexibility index (Phi) is 6.88. The van der Waals surface area contributed by atoms with Crippen LogP contribution in [0.2, 0.25) is 0 Å². The summed E-state index contributed by atoms with van der Waals surface area (Å²) in [5.41, 5.74) is 0. The van der Waals surface area contributed by atoms with E-state index in [4.69, 9.17) is 4.74 Å². The van der Waals surface area contributed by atoms with Gasteiger partial charge in [-0.1, -0.05) is 13.3 Å². The molecule has 0 saturated heterocycles. The van der Waals surface area contributed by atoms with E-state index in [9.17, 15) is 5.11 Å². The van der Waals surface area contributed by atoms with Crippen LogP contribution in [-0.2, 0) is 0 Å². The second-order valence-electron chi connectivity index (χ2n) is 4.05. The summed E-state index contributed by atoms with van der Waals surface area (Å²) < 4.78 is 5.28. The predicted octanol–water partition coefficient (Wildman–Crippen LogP) is 1.27. The van der Waals surface area contributed by atoms with Gasteiger partial charge in [0.15, 0.2) is 0 Å². The second-order valence-corrected chi connectivity index (χ2v) is 4.05. The number of aliphatic hydroxyl groups excluding tert-OH is 1. The van der Waals surface area contributed by atoms with E-state index in [2.05, 4.69) is 25.6 Å². The van der Waals surface area contributed by atoms with E-state index < -0.39 is 6.10 Å². The molecule has 0 aliphatic carbocycles. The van der Waals surface area contributed by atoms with Gasteiger partial charge in [-0.2, -0.15) is 15.0 Å². The molecular weight excluding hydrogens is 246 g/mol. The lowest BCUT2D eigenvalue weighted by Gasteiger charge is -2.12. The molecule has 7 heteroatoms. The van der Waals surface area contributed by atoms with Crippen LogP contribution >= 0.6 is 0 Å². The monoisotopic (exact) mass is 269 g/mol. The Labute approximate surface area is 113 Å². The number of hydrogen-bond acceptors (Lipinski definition) is 7. The highest BCUT2D eigenvalue weighted by molar-refractivity contribution is 5.35. The number of hydrogen-bond donors (Lipinski definition) is 3. The van der Waals surface area contributed by atoms with E-state index in [-0.39, 0.29) is 6.01 Å². The fourth-order valence-corrected chi connectivity index (χ4v) is 1.51. The number of aliphatic hydroxyl groups is 1. The Bertz CT molecular complexity index is 351. The molecule has 0 bridgehead atoms. The first-order valence-electron chi connectivity index (χ1n) is 6.74. The van der Waals surface area contributed by atoms with Crippen molar-refractivity contribution in [3.63, 3.8) is 0 Å². The SMILES string of the molecule is CCCC(O)CNc1nc(NCC)nc(OCC)n1. The smallest absolute Gasteiger partial charge is 0.323 e. The van der Waals surface area contributed by atoms with Crippen LogP contribution in [-0.4, -0.2) is 45.9 Å². The minimum Gasteiger partial charge on any atom is -0.464 e. The number of nitrogens with zero attached hydrogens (tertiary/aromatic N) is 3. The van der Waals surface area contributed by atoms with E-state index in [1.807, 2.05) is 20.8 Å². The molecule has 19 heavy (non-hydrogen) atoms. The number of nitrogens with one attached hydrogen (secondary N) is 2. The first-order valence-corrected chi connectivity index (χ1v) is 6.74. The molecule has 1 heterocycles. The Morgan fingerprint density at radius 1 is 1.11 bits per heavy atom. The first-order chi connectivity index (χ1) is 9.19. The molecule has 1 unspecified atom stereocenters. The third-order valence-corrected chi connectivity index (χ3v) is 2.34. The lowest BCUT2D eigenvalue weighted by atomic mass is 10.2. The highest BCUT2D eigenvalue weighted by Crippen LogP contribution is 2.11. The van der Waals surface area contributed by atoms with Gasteiger partial charge >= 0.3 is 6.01 Å². The molecule has 0 aliphatic rings. The lowest BCUT2D eigenvalue weighted by molar-refractivity contribution is 0.176. The van der Waals surface area contributed by atoms with Crippen LogP contribution in [0, 0.1) is 0 Å². The zero-order valence-corrected chi connectivity index (χ0v) is 11.8. The van der Waals surface area contributed by atoms with Crippen molar-refractivity contribution in [1.29, 1.82) is 0 Å². The fourth-order valence-electron chi connectivity index (χ4n) is 1.51. The second kappa shape index (κ2) is 8.47. The van der Waals surface area contributed by atoms with Crippen LogP contribution < -0.4 is 15.4 Å². The maximum Gasteiger partial charge on any atom is 0.323 e. The number of rotatable bonds is 9. The van der Waals surface area contributed by atoms with Gasteiger partial charge in [0.05, 0.1) is 12.7 Å². The van der Waals surface area contributed by atoms with Crippen LogP contribution in [0.5, 0.6) is 6.01 Å². The summed E-state index contributed by atoms with van der Waals surface area (Å²) in [5, 5.41) is 15.7. The van der Waals surface area contributed by atoms with Gasteiger partial charge in [-0.05, 0) is 20.3 Å². The molecule has 1 aromatic heterocycles. The maximum absolute atomic E-state index is 9.68. The van der Waals surface area contributed by atoms with Crippen LogP contribution in [0.25, 0.3) is 0 Å². The van der Waals surface area contributed by atoms with Crippen molar-refractivity contribution < 1.29 is 9.84 Å². The lowest BCUT2D eigenvalue weighted by Crippen LogP contribution is -2.21. The van der Waals surface area contributed by atoms with E-state index >= 15 is 0 Å². The zero-order valence-electron chi connectivity index (χ0n) is 11.8. The van der Waals surface area contributed by atoms with Gasteiger partial charge in [0.2, 0.25) is 11.9 Å². The fraction of sp³-hybridized carbons (Fsp3) is 0.750. The summed E-state index contributed by atoms with van der Waals surface area (Å²) in [6, 6.07) is 0.279. The van der Waals surface area contributed by atoms with Gasteiger partial charge in [-0.15, -0.1) is 0 Å². The Balaban J connectivity index is 2.69. The average molecular weight is 269 g/mol. The summed E-state index contributed by atoms with van der Waals surface area (Å²) >= 11 is 0. The van der Waals surface area contributed by atoms with Crippen molar-refractivity contribution in [3.8, 4) is 6.01 Å². The van der Waals surface area contributed by atoms with Gasteiger partial charge in [0, 0.05) is 13.1 Å². The summed E-state index contributed by atoms with van der Waals surface area (Å²) in [5.74, 6) is 0.873. The number of aromatic nitrogens is 3. The summed E-state index contributed by atoms with van der Waals surface area (Å²) in [4.78, 5) is 12.5. The van der Waals surface area contributed by atoms with E-state index in [0.29, 0.717) is 31.6 Å². The van der Waals surface area contributed by atoms with Crippen LogP contribution in [0.4, 0.5) is 11.9 Å². The molecule has 3 N–H and O–H groups in total. The van der Waals surface area contributed by atoms with E-state index in [1.54, 1.807) is 0 Å². The summed E-state index contributed by atoms with van der Waals surface area (Å²) in [6.07, 6.45) is 1.28. The Hall–Kier alpha value is -1.63. The van der Waals surface area contributed by atoms with Crippen molar-refractivity contribution in [2.24, 2.45) is 0 Å². The Morgan fingerprint density at radius 2 is 1.79 bits per heavy atom. The van der Waals surface area contributed by atoms with Crippen LogP contribution in [0.15, 0.2) is 0 Å². The predicted molar refractivity (Wildman–Crippen MR) is 74.6 cm³/mol. The minimum absolute atomic E-state index is 0.279. The van der Waals surface area contributed by atoms with Crippen molar-refractivity contribution >= 4 is 11.9 Å². The van der Waals surface area contributed by atoms with Crippen molar-refractivity contribution in [1.82, 2.24) is 15.0 Å². The molecule has 0 amide bonds. The quantitative estimate of drug-likeness (QED) is 0.621. The molecule has 0 aliphatic heterocycles. The molecular formula is C12H23N5O2. The summed E-state index contributed by atoms with van der Waals surface area (Å²) in [7, 11) is 0. The normalized spacial score (nSPS) is 12.0. The van der Waals surface area contributed by atoms with Crippen molar-refractivity contribution in [2.75, 3.05) is 30.3 Å². The molecule has 7 nitrogen and oxygen atoms in total. The van der Waals surface area contributed by atoms with Crippen molar-refractivity contribution in [3.05, 3.63) is 0 Å². The van der Waals surface area contributed by atoms with Crippen molar-refractivity contribution in [2.45, 2.75) is 39.7 Å². The summed E-state index contributed by atoms with van der Waals surface area (Å²) in [6.45, 7) is 7.48. The molecule has 0 aromatic carbocycles. The number of ether oxygens (including phenoxy) is 1. The first kappa shape index (κ1) is 15.4. The van der Waals surface area contributed by atoms with Gasteiger partial charge in [0.25, 0.3) is 0 Å². The molecule has 108 valence electrons. The highest BCUT2D eigenvalue weighted by atomic mass is 16.5. The molecule has 0 fully saturated rings. The topological polar surface area (TPSA) is 92.2 Å². The molecule has 0 spiro atoms. The minimum atomic E-state index is -0.403.